The van der Waals surface area contributed by atoms with Crippen LogP contribution in [0.25, 0.3) is 0 Å². The number of hydrogen-bond acceptors (Lipinski definition) is 4. The third-order valence-corrected chi connectivity index (χ3v) is 2.91. The van der Waals surface area contributed by atoms with Gasteiger partial charge in [-0.2, -0.15) is 0 Å². The van der Waals surface area contributed by atoms with Crippen molar-refractivity contribution >= 4 is 5.91 Å². The molecular formula is C12H24N2O3. The molecule has 5 heteroatoms. The molecule has 2 N–H and O–H groups in total. The first kappa shape index (κ1) is 14.4. The summed E-state index contributed by atoms with van der Waals surface area (Å²) in [5, 5.41) is 11.9. The van der Waals surface area contributed by atoms with Crippen LogP contribution >= 0.6 is 0 Å². The fraction of sp³-hybridized carbons (Fsp3) is 0.917. The number of aliphatic hydroxyl groups is 1. The van der Waals surface area contributed by atoms with Gasteiger partial charge < -0.3 is 15.2 Å². The van der Waals surface area contributed by atoms with Crippen molar-refractivity contribution in [2.45, 2.75) is 45.4 Å². The Balaban J connectivity index is 2.31. The van der Waals surface area contributed by atoms with Crippen molar-refractivity contribution in [1.29, 1.82) is 0 Å². The molecule has 0 aliphatic carbocycles. The summed E-state index contributed by atoms with van der Waals surface area (Å²) in [7, 11) is 0. The first-order valence-electron chi connectivity index (χ1n) is 6.28. The predicted molar refractivity (Wildman–Crippen MR) is 65.8 cm³/mol. The van der Waals surface area contributed by atoms with Crippen molar-refractivity contribution in [2.24, 2.45) is 0 Å². The Hall–Kier alpha value is -0.650. The van der Waals surface area contributed by atoms with Crippen LogP contribution in [0.15, 0.2) is 0 Å². The van der Waals surface area contributed by atoms with Crippen molar-refractivity contribution in [3.8, 4) is 0 Å². The largest absolute Gasteiger partial charge is 0.394 e. The first-order valence-corrected chi connectivity index (χ1v) is 6.28. The number of carbonyl (C=O) groups is 1. The molecule has 1 heterocycles. The molecule has 1 amide bonds. The summed E-state index contributed by atoms with van der Waals surface area (Å²) < 4.78 is 5.45. The van der Waals surface area contributed by atoms with Gasteiger partial charge in [0.2, 0.25) is 5.91 Å². The summed E-state index contributed by atoms with van der Waals surface area (Å²) in [5.74, 6) is 0.0826. The van der Waals surface area contributed by atoms with E-state index in [0.717, 1.165) is 6.54 Å². The lowest BCUT2D eigenvalue weighted by Gasteiger charge is -2.37. The minimum absolute atomic E-state index is 0.0431. The Bertz CT molecular complexity index is 246. The zero-order chi connectivity index (χ0) is 12.8. The lowest BCUT2D eigenvalue weighted by molar-refractivity contribution is -0.123. The number of rotatable bonds is 5. The molecule has 1 rings (SSSR count). The molecule has 0 saturated carbocycles. The molecule has 1 saturated heterocycles. The number of aliphatic hydroxyl groups excluding tert-OH is 1. The predicted octanol–water partition coefficient (Wildman–Crippen LogP) is -0.0173. The summed E-state index contributed by atoms with van der Waals surface area (Å²) in [5.41, 5.74) is 0. The summed E-state index contributed by atoms with van der Waals surface area (Å²) in [6.07, 6.45) is 0.389. The minimum Gasteiger partial charge on any atom is -0.394 e. The Morgan fingerprint density at radius 2 is 2.29 bits per heavy atom. The third-order valence-electron chi connectivity index (χ3n) is 2.91. The van der Waals surface area contributed by atoms with Crippen molar-refractivity contribution in [1.82, 2.24) is 10.2 Å². The van der Waals surface area contributed by atoms with Crippen LogP contribution in [0, 0.1) is 0 Å². The van der Waals surface area contributed by atoms with Crippen LogP contribution in [-0.2, 0) is 9.53 Å². The molecule has 5 nitrogen and oxygen atoms in total. The van der Waals surface area contributed by atoms with Gasteiger partial charge in [0.05, 0.1) is 19.3 Å². The van der Waals surface area contributed by atoms with Crippen LogP contribution in [-0.4, -0.2) is 60.4 Å². The Labute approximate surface area is 103 Å². The zero-order valence-electron chi connectivity index (χ0n) is 11.0. The molecular weight excluding hydrogens is 220 g/mol. The minimum atomic E-state index is -0.112. The van der Waals surface area contributed by atoms with Crippen LogP contribution in [0.4, 0.5) is 0 Å². The molecule has 0 aromatic carbocycles. The number of morpholine rings is 1. The summed E-state index contributed by atoms with van der Waals surface area (Å²) in [4.78, 5) is 13.7. The molecule has 1 aliphatic heterocycles. The molecule has 1 aliphatic rings. The fourth-order valence-corrected chi connectivity index (χ4v) is 1.94. The number of hydrogen-bond donors (Lipinski definition) is 2. The van der Waals surface area contributed by atoms with Gasteiger partial charge in [-0.15, -0.1) is 0 Å². The van der Waals surface area contributed by atoms with Crippen LogP contribution in [0.2, 0.25) is 0 Å². The topological polar surface area (TPSA) is 61.8 Å². The second-order valence-corrected chi connectivity index (χ2v) is 4.95. The molecule has 0 spiro atoms. The third kappa shape index (κ3) is 5.02. The summed E-state index contributed by atoms with van der Waals surface area (Å²) >= 11 is 0. The van der Waals surface area contributed by atoms with E-state index < -0.39 is 0 Å². The average molecular weight is 244 g/mol. The normalized spacial score (nSPS) is 26.2. The number of nitrogens with zero attached hydrogens (tertiary/aromatic N) is 1. The van der Waals surface area contributed by atoms with E-state index in [9.17, 15) is 4.79 Å². The van der Waals surface area contributed by atoms with Gasteiger partial charge in [0.1, 0.15) is 0 Å². The quantitative estimate of drug-likeness (QED) is 0.713. The highest BCUT2D eigenvalue weighted by molar-refractivity contribution is 5.76. The summed E-state index contributed by atoms with van der Waals surface area (Å²) in [6.45, 7) is 8.08. The van der Waals surface area contributed by atoms with E-state index in [1.165, 1.54) is 0 Å². The molecule has 0 aromatic rings. The number of carbonyl (C=O) groups excluding carboxylic acids is 1. The lowest BCUT2D eigenvalue weighted by Crippen LogP contribution is -2.50. The van der Waals surface area contributed by atoms with Gasteiger partial charge >= 0.3 is 0 Å². The molecule has 2 unspecified atom stereocenters. The molecule has 100 valence electrons. The van der Waals surface area contributed by atoms with E-state index in [0.29, 0.717) is 25.6 Å². The van der Waals surface area contributed by atoms with Crippen molar-refractivity contribution < 1.29 is 14.6 Å². The average Bonchev–Trinajstić information content (AvgIpc) is 2.27. The second-order valence-electron chi connectivity index (χ2n) is 4.95. The molecule has 0 bridgehead atoms. The van der Waals surface area contributed by atoms with Gasteiger partial charge in [-0.1, -0.05) is 0 Å². The van der Waals surface area contributed by atoms with E-state index in [2.05, 4.69) is 17.1 Å². The highest BCUT2D eigenvalue weighted by atomic mass is 16.5. The van der Waals surface area contributed by atoms with Crippen LogP contribution in [0.3, 0.4) is 0 Å². The Kier molecular flexibility index (Phi) is 5.88. The number of ether oxygens (including phenoxy) is 1. The first-order chi connectivity index (χ1) is 8.02. The fourth-order valence-electron chi connectivity index (χ4n) is 1.94. The zero-order valence-corrected chi connectivity index (χ0v) is 11.0. The number of amides is 1. The van der Waals surface area contributed by atoms with Gasteiger partial charge in [0.25, 0.3) is 0 Å². The van der Waals surface area contributed by atoms with Gasteiger partial charge in [-0.25, -0.2) is 0 Å². The van der Waals surface area contributed by atoms with Gasteiger partial charge in [-0.05, 0) is 20.8 Å². The van der Waals surface area contributed by atoms with E-state index in [1.54, 1.807) is 0 Å². The van der Waals surface area contributed by atoms with Crippen molar-refractivity contribution in [3.63, 3.8) is 0 Å². The Morgan fingerprint density at radius 1 is 1.59 bits per heavy atom. The van der Waals surface area contributed by atoms with E-state index in [-0.39, 0.29) is 24.7 Å². The lowest BCUT2D eigenvalue weighted by atomic mass is 10.2. The maximum absolute atomic E-state index is 11.5. The molecule has 17 heavy (non-hydrogen) atoms. The van der Waals surface area contributed by atoms with Crippen molar-refractivity contribution in [2.75, 3.05) is 26.3 Å². The monoisotopic (exact) mass is 244 g/mol. The number of nitrogens with one attached hydrogen (secondary N) is 1. The van der Waals surface area contributed by atoms with Crippen LogP contribution in [0.5, 0.6) is 0 Å². The van der Waals surface area contributed by atoms with E-state index >= 15 is 0 Å². The van der Waals surface area contributed by atoms with Gasteiger partial charge in [0, 0.05) is 31.6 Å². The highest BCUT2D eigenvalue weighted by Gasteiger charge is 2.25. The molecule has 1 fully saturated rings. The van der Waals surface area contributed by atoms with Gasteiger partial charge in [-0.3, -0.25) is 9.69 Å². The summed E-state index contributed by atoms with van der Waals surface area (Å²) in [6, 6.07) is 0.499. The Morgan fingerprint density at radius 3 is 2.88 bits per heavy atom. The smallest absolute Gasteiger partial charge is 0.221 e. The van der Waals surface area contributed by atoms with Gasteiger partial charge in [0.15, 0.2) is 0 Å². The SMILES string of the molecule is CC(C)NC(=O)CCN1CC(CO)OCC1C. The molecule has 2 atom stereocenters. The second kappa shape index (κ2) is 6.93. The van der Waals surface area contributed by atoms with Crippen LogP contribution in [0.1, 0.15) is 27.2 Å². The van der Waals surface area contributed by atoms with E-state index in [1.807, 2.05) is 13.8 Å². The van der Waals surface area contributed by atoms with E-state index in [4.69, 9.17) is 9.84 Å². The maximum Gasteiger partial charge on any atom is 0.221 e. The van der Waals surface area contributed by atoms with Crippen LogP contribution < -0.4 is 5.32 Å². The highest BCUT2D eigenvalue weighted by Crippen LogP contribution is 2.11. The maximum atomic E-state index is 11.5. The standard InChI is InChI=1S/C12H24N2O3/c1-9(2)13-12(16)4-5-14-6-11(7-15)17-8-10(14)3/h9-11,15H,4-8H2,1-3H3,(H,13,16). The molecule has 0 radical (unpaired) electrons. The molecule has 0 aromatic heterocycles. The van der Waals surface area contributed by atoms with Crippen molar-refractivity contribution in [3.05, 3.63) is 0 Å².